The van der Waals surface area contributed by atoms with E-state index >= 15 is 0 Å². The molecule has 0 radical (unpaired) electrons. The van der Waals surface area contributed by atoms with Crippen LogP contribution >= 0.6 is 15.9 Å². The maximum atomic E-state index is 8.62. The van der Waals surface area contributed by atoms with Gasteiger partial charge in [0.2, 0.25) is 0 Å². The van der Waals surface area contributed by atoms with Gasteiger partial charge in [0.1, 0.15) is 5.75 Å². The predicted molar refractivity (Wildman–Crippen MR) is 56.3 cm³/mol. The van der Waals surface area contributed by atoms with Gasteiger partial charge in [-0.2, -0.15) is 0 Å². The molecule has 0 unspecified atom stereocenters. The fourth-order valence-electron chi connectivity index (χ4n) is 0.983. The summed E-state index contributed by atoms with van der Waals surface area (Å²) in [5.74, 6) is 0.787. The minimum atomic E-state index is 0.120. The Morgan fingerprint density at radius 1 is 1.46 bits per heavy atom. The Bertz CT molecular complexity index is 278. The number of benzene rings is 1. The number of aliphatic hydroxyl groups excluding tert-OH is 1. The summed E-state index contributed by atoms with van der Waals surface area (Å²) < 4.78 is 6.03. The van der Waals surface area contributed by atoms with Crippen LogP contribution in [0.1, 0.15) is 0 Å². The molecule has 0 aromatic heterocycles. The number of nitrogens with one attached hydrogen (secondary N) is 1. The van der Waals surface area contributed by atoms with Crippen molar-refractivity contribution in [3.05, 3.63) is 22.7 Å². The molecule has 0 atom stereocenters. The minimum Gasteiger partial charge on any atom is -0.497 e. The van der Waals surface area contributed by atoms with Crippen molar-refractivity contribution in [2.24, 2.45) is 0 Å². The highest BCUT2D eigenvalue weighted by Crippen LogP contribution is 2.24. The van der Waals surface area contributed by atoms with Crippen LogP contribution in [0.15, 0.2) is 22.7 Å². The molecule has 0 heterocycles. The molecule has 3 nitrogen and oxygen atoms in total. The molecule has 0 amide bonds. The average molecular weight is 246 g/mol. The van der Waals surface area contributed by atoms with Crippen molar-refractivity contribution >= 4 is 21.6 Å². The topological polar surface area (TPSA) is 41.5 Å². The van der Waals surface area contributed by atoms with Crippen molar-refractivity contribution in [3.8, 4) is 5.75 Å². The highest BCUT2D eigenvalue weighted by atomic mass is 79.9. The molecule has 1 aromatic carbocycles. The number of aliphatic hydroxyl groups is 1. The van der Waals surface area contributed by atoms with Crippen LogP contribution in [0.5, 0.6) is 5.75 Å². The number of methoxy groups -OCH3 is 1. The Morgan fingerprint density at radius 3 is 2.85 bits per heavy atom. The molecule has 72 valence electrons. The fourth-order valence-corrected chi connectivity index (χ4v) is 1.46. The summed E-state index contributed by atoms with van der Waals surface area (Å²) in [5, 5.41) is 11.7. The summed E-state index contributed by atoms with van der Waals surface area (Å²) in [5.41, 5.74) is 0.931. The van der Waals surface area contributed by atoms with Crippen LogP contribution in [0, 0.1) is 0 Å². The lowest BCUT2D eigenvalue weighted by Crippen LogP contribution is -2.05. The lowest BCUT2D eigenvalue weighted by Gasteiger charge is -2.07. The molecular formula is C9H12BrNO2. The van der Waals surface area contributed by atoms with Crippen molar-refractivity contribution < 1.29 is 9.84 Å². The van der Waals surface area contributed by atoms with Crippen molar-refractivity contribution in [2.75, 3.05) is 25.6 Å². The van der Waals surface area contributed by atoms with Gasteiger partial charge in [0.25, 0.3) is 0 Å². The first-order valence-electron chi connectivity index (χ1n) is 3.95. The van der Waals surface area contributed by atoms with E-state index in [-0.39, 0.29) is 6.61 Å². The van der Waals surface area contributed by atoms with E-state index in [0.717, 1.165) is 15.9 Å². The van der Waals surface area contributed by atoms with Crippen LogP contribution in [-0.2, 0) is 0 Å². The van der Waals surface area contributed by atoms with Crippen LogP contribution in [0.2, 0.25) is 0 Å². The highest BCUT2D eigenvalue weighted by Gasteiger charge is 1.98. The first kappa shape index (κ1) is 10.3. The van der Waals surface area contributed by atoms with E-state index in [2.05, 4.69) is 21.2 Å². The van der Waals surface area contributed by atoms with Crippen LogP contribution in [-0.4, -0.2) is 25.4 Å². The van der Waals surface area contributed by atoms with E-state index in [1.807, 2.05) is 18.2 Å². The van der Waals surface area contributed by atoms with E-state index < -0.39 is 0 Å². The van der Waals surface area contributed by atoms with Gasteiger partial charge in [-0.3, -0.25) is 0 Å². The second kappa shape index (κ2) is 5.09. The number of rotatable bonds is 4. The van der Waals surface area contributed by atoms with Crippen molar-refractivity contribution in [1.82, 2.24) is 0 Å². The third-order valence-corrected chi connectivity index (χ3v) is 2.01. The Balaban J connectivity index is 2.76. The predicted octanol–water partition coefficient (Wildman–Crippen LogP) is 1.86. The van der Waals surface area contributed by atoms with Crippen molar-refractivity contribution in [2.45, 2.75) is 0 Å². The lowest BCUT2D eigenvalue weighted by molar-refractivity contribution is 0.311. The highest BCUT2D eigenvalue weighted by molar-refractivity contribution is 9.10. The molecule has 2 N–H and O–H groups in total. The molecule has 0 aliphatic heterocycles. The van der Waals surface area contributed by atoms with Crippen LogP contribution < -0.4 is 10.1 Å². The maximum absolute atomic E-state index is 8.62. The maximum Gasteiger partial charge on any atom is 0.122 e. The van der Waals surface area contributed by atoms with Crippen LogP contribution in [0.4, 0.5) is 5.69 Å². The van der Waals surface area contributed by atoms with Gasteiger partial charge >= 0.3 is 0 Å². The van der Waals surface area contributed by atoms with Gasteiger partial charge in [0.15, 0.2) is 0 Å². The van der Waals surface area contributed by atoms with E-state index in [4.69, 9.17) is 9.84 Å². The number of ether oxygens (including phenoxy) is 1. The second-order valence-corrected chi connectivity index (χ2v) is 3.45. The van der Waals surface area contributed by atoms with E-state index in [0.29, 0.717) is 6.54 Å². The van der Waals surface area contributed by atoms with Gasteiger partial charge < -0.3 is 15.2 Å². The van der Waals surface area contributed by atoms with Gasteiger partial charge in [0, 0.05) is 22.8 Å². The second-order valence-electron chi connectivity index (χ2n) is 2.53. The molecule has 0 spiro atoms. The van der Waals surface area contributed by atoms with Crippen molar-refractivity contribution in [1.29, 1.82) is 0 Å². The molecule has 0 fully saturated rings. The summed E-state index contributed by atoms with van der Waals surface area (Å²) >= 11 is 3.36. The minimum absolute atomic E-state index is 0.120. The molecule has 0 saturated heterocycles. The smallest absolute Gasteiger partial charge is 0.122 e. The fraction of sp³-hybridized carbons (Fsp3) is 0.333. The molecule has 13 heavy (non-hydrogen) atoms. The molecule has 0 saturated carbocycles. The Labute approximate surface area is 85.9 Å². The van der Waals surface area contributed by atoms with Gasteiger partial charge in [0.05, 0.1) is 13.7 Å². The van der Waals surface area contributed by atoms with E-state index in [1.54, 1.807) is 7.11 Å². The third kappa shape index (κ3) is 3.24. The normalized spacial score (nSPS) is 9.77. The number of hydrogen-bond donors (Lipinski definition) is 2. The molecule has 1 rings (SSSR count). The zero-order chi connectivity index (χ0) is 9.68. The van der Waals surface area contributed by atoms with Crippen LogP contribution in [0.3, 0.4) is 0 Å². The summed E-state index contributed by atoms with van der Waals surface area (Å²) in [6.07, 6.45) is 0. The molecule has 0 aliphatic carbocycles. The van der Waals surface area contributed by atoms with E-state index in [9.17, 15) is 0 Å². The summed E-state index contributed by atoms with van der Waals surface area (Å²) in [6, 6.07) is 5.68. The summed E-state index contributed by atoms with van der Waals surface area (Å²) in [6.45, 7) is 0.661. The van der Waals surface area contributed by atoms with Gasteiger partial charge in [-0.05, 0) is 12.1 Å². The Hall–Kier alpha value is -0.740. The molecule has 0 aliphatic rings. The lowest BCUT2D eigenvalue weighted by atomic mass is 10.3. The zero-order valence-electron chi connectivity index (χ0n) is 7.38. The number of halogens is 1. The summed E-state index contributed by atoms with van der Waals surface area (Å²) in [4.78, 5) is 0. The first-order chi connectivity index (χ1) is 6.26. The molecule has 4 heteroatoms. The third-order valence-electron chi connectivity index (χ3n) is 1.55. The van der Waals surface area contributed by atoms with Gasteiger partial charge in [-0.1, -0.05) is 15.9 Å². The van der Waals surface area contributed by atoms with Crippen molar-refractivity contribution in [3.63, 3.8) is 0 Å². The van der Waals surface area contributed by atoms with Gasteiger partial charge in [-0.25, -0.2) is 0 Å². The monoisotopic (exact) mass is 245 g/mol. The molecular weight excluding hydrogens is 234 g/mol. The number of hydrogen-bond acceptors (Lipinski definition) is 3. The Kier molecular flexibility index (Phi) is 4.05. The number of anilines is 1. The first-order valence-corrected chi connectivity index (χ1v) is 4.75. The molecule has 1 aromatic rings. The Morgan fingerprint density at radius 2 is 2.23 bits per heavy atom. The largest absolute Gasteiger partial charge is 0.497 e. The SMILES string of the molecule is COc1cc(Br)cc(NCCO)c1. The zero-order valence-corrected chi connectivity index (χ0v) is 8.97. The molecule has 0 bridgehead atoms. The van der Waals surface area contributed by atoms with Gasteiger partial charge in [-0.15, -0.1) is 0 Å². The quantitative estimate of drug-likeness (QED) is 0.852. The standard InChI is InChI=1S/C9H12BrNO2/c1-13-9-5-7(10)4-8(6-9)11-2-3-12/h4-6,11-12H,2-3H2,1H3. The average Bonchev–Trinajstić information content (AvgIpc) is 2.14. The van der Waals surface area contributed by atoms with E-state index in [1.165, 1.54) is 0 Å². The van der Waals surface area contributed by atoms with Crippen LogP contribution in [0.25, 0.3) is 0 Å². The summed E-state index contributed by atoms with van der Waals surface area (Å²) in [7, 11) is 1.62.